The predicted octanol–water partition coefficient (Wildman–Crippen LogP) is 6.30. The Bertz CT molecular complexity index is 687. The number of fused-ring (bicyclic) bond motifs is 1. The molecular weight excluding hydrogens is 332 g/mol. The molecule has 1 aromatic carbocycles. The van der Waals surface area contributed by atoms with Crippen molar-refractivity contribution in [3.05, 3.63) is 48.2 Å². The maximum Gasteiger partial charge on any atom is 0.220 e. The highest BCUT2D eigenvalue weighted by molar-refractivity contribution is 5.83. The van der Waals surface area contributed by atoms with Crippen molar-refractivity contribution in [2.45, 2.75) is 77.6 Å². The van der Waals surface area contributed by atoms with Crippen LogP contribution in [0.2, 0.25) is 0 Å². The standard InChI is InChI=1S/C24H36N2O/c1-2-3-4-5-6-7-8-9-10-11-12-17-24(27)25-19-18-21-20-26-23-16-14-13-15-22(21)23/h5-6,13-16,20,26H,2-4,7-12,17-19H2,1H3,(H,25,27)/b6-5-. The SMILES string of the molecule is CCCC/C=C\CCCCCCCC(=O)NCCc1c[nH]c2ccccc12. The molecule has 2 rings (SSSR count). The number of para-hydroxylation sites is 1. The lowest BCUT2D eigenvalue weighted by atomic mass is 10.1. The monoisotopic (exact) mass is 368 g/mol. The quantitative estimate of drug-likeness (QED) is 0.298. The second-order valence-electron chi connectivity index (χ2n) is 7.38. The second kappa shape index (κ2) is 13.2. The highest BCUT2D eigenvalue weighted by Crippen LogP contribution is 2.17. The number of unbranched alkanes of at least 4 members (excludes halogenated alkanes) is 7. The second-order valence-corrected chi connectivity index (χ2v) is 7.38. The van der Waals surface area contributed by atoms with Gasteiger partial charge in [0.15, 0.2) is 0 Å². The van der Waals surface area contributed by atoms with Crippen LogP contribution in [0.5, 0.6) is 0 Å². The Morgan fingerprint density at radius 2 is 1.74 bits per heavy atom. The Morgan fingerprint density at radius 3 is 2.59 bits per heavy atom. The molecule has 2 aromatic rings. The van der Waals surface area contributed by atoms with Crippen molar-refractivity contribution in [3.8, 4) is 0 Å². The van der Waals surface area contributed by atoms with Gasteiger partial charge in [-0.1, -0.05) is 69.4 Å². The molecule has 1 heterocycles. The van der Waals surface area contributed by atoms with Crippen LogP contribution in [0.3, 0.4) is 0 Å². The molecule has 0 unspecified atom stereocenters. The number of benzene rings is 1. The van der Waals surface area contributed by atoms with Crippen molar-refractivity contribution >= 4 is 16.8 Å². The smallest absolute Gasteiger partial charge is 0.220 e. The van der Waals surface area contributed by atoms with E-state index in [1.54, 1.807) is 0 Å². The van der Waals surface area contributed by atoms with Crippen LogP contribution in [0, 0.1) is 0 Å². The fraction of sp³-hybridized carbons (Fsp3) is 0.542. The summed E-state index contributed by atoms with van der Waals surface area (Å²) in [6.07, 6.45) is 19.2. The minimum Gasteiger partial charge on any atom is -0.361 e. The number of nitrogens with one attached hydrogen (secondary N) is 2. The average Bonchev–Trinajstić information content (AvgIpc) is 3.09. The van der Waals surface area contributed by atoms with Crippen LogP contribution in [0.25, 0.3) is 10.9 Å². The number of aromatic amines is 1. The van der Waals surface area contributed by atoms with E-state index >= 15 is 0 Å². The van der Waals surface area contributed by atoms with Crippen molar-refractivity contribution in [3.63, 3.8) is 0 Å². The summed E-state index contributed by atoms with van der Waals surface area (Å²) in [5.74, 6) is 0.189. The van der Waals surface area contributed by atoms with E-state index in [1.807, 2.05) is 6.07 Å². The summed E-state index contributed by atoms with van der Waals surface area (Å²) in [4.78, 5) is 15.3. The zero-order valence-electron chi connectivity index (χ0n) is 16.9. The summed E-state index contributed by atoms with van der Waals surface area (Å²) in [5.41, 5.74) is 2.44. The highest BCUT2D eigenvalue weighted by atomic mass is 16.1. The van der Waals surface area contributed by atoms with Gasteiger partial charge in [0.05, 0.1) is 0 Å². The molecule has 27 heavy (non-hydrogen) atoms. The van der Waals surface area contributed by atoms with E-state index in [1.165, 1.54) is 55.9 Å². The van der Waals surface area contributed by atoms with E-state index < -0.39 is 0 Å². The lowest BCUT2D eigenvalue weighted by molar-refractivity contribution is -0.121. The van der Waals surface area contributed by atoms with E-state index in [2.05, 4.69) is 53.8 Å². The third-order valence-corrected chi connectivity index (χ3v) is 5.06. The van der Waals surface area contributed by atoms with Gasteiger partial charge in [-0.15, -0.1) is 0 Å². The molecule has 1 aromatic heterocycles. The van der Waals surface area contributed by atoms with Crippen LogP contribution in [0.4, 0.5) is 0 Å². The van der Waals surface area contributed by atoms with Gasteiger partial charge in [-0.25, -0.2) is 0 Å². The van der Waals surface area contributed by atoms with Crippen LogP contribution < -0.4 is 5.32 Å². The van der Waals surface area contributed by atoms with Crippen molar-refractivity contribution in [2.24, 2.45) is 0 Å². The number of allylic oxidation sites excluding steroid dienone is 2. The lowest BCUT2D eigenvalue weighted by Crippen LogP contribution is -2.25. The molecular formula is C24H36N2O. The first-order valence-electron chi connectivity index (χ1n) is 10.8. The molecule has 0 aliphatic carbocycles. The zero-order chi connectivity index (χ0) is 19.2. The summed E-state index contributed by atoms with van der Waals surface area (Å²) < 4.78 is 0. The minimum atomic E-state index is 0.189. The van der Waals surface area contributed by atoms with Crippen LogP contribution in [0.1, 0.15) is 76.7 Å². The van der Waals surface area contributed by atoms with Gasteiger partial charge in [-0.3, -0.25) is 4.79 Å². The molecule has 0 spiro atoms. The molecule has 0 radical (unpaired) electrons. The van der Waals surface area contributed by atoms with Crippen LogP contribution in [0.15, 0.2) is 42.6 Å². The Morgan fingerprint density at radius 1 is 1.00 bits per heavy atom. The molecule has 0 bridgehead atoms. The molecule has 148 valence electrons. The topological polar surface area (TPSA) is 44.9 Å². The maximum atomic E-state index is 12.0. The molecule has 1 amide bonds. The van der Waals surface area contributed by atoms with Crippen LogP contribution in [-0.2, 0) is 11.2 Å². The molecule has 3 nitrogen and oxygen atoms in total. The Hall–Kier alpha value is -2.03. The molecule has 0 aliphatic heterocycles. The first-order valence-corrected chi connectivity index (χ1v) is 10.8. The number of hydrogen-bond acceptors (Lipinski definition) is 1. The zero-order valence-corrected chi connectivity index (χ0v) is 16.9. The van der Waals surface area contributed by atoms with Crippen molar-refractivity contribution < 1.29 is 4.79 Å². The van der Waals surface area contributed by atoms with Crippen molar-refractivity contribution in [2.75, 3.05) is 6.54 Å². The molecule has 3 heteroatoms. The van der Waals surface area contributed by atoms with Gasteiger partial charge in [0.2, 0.25) is 5.91 Å². The summed E-state index contributed by atoms with van der Waals surface area (Å²) in [7, 11) is 0. The van der Waals surface area contributed by atoms with Gasteiger partial charge < -0.3 is 10.3 Å². The average molecular weight is 369 g/mol. The molecule has 0 atom stereocenters. The van der Waals surface area contributed by atoms with E-state index in [4.69, 9.17) is 0 Å². The molecule has 2 N–H and O–H groups in total. The normalized spacial score (nSPS) is 11.4. The summed E-state index contributed by atoms with van der Waals surface area (Å²) >= 11 is 0. The number of aromatic nitrogens is 1. The molecule has 0 saturated carbocycles. The fourth-order valence-electron chi connectivity index (χ4n) is 3.40. The largest absolute Gasteiger partial charge is 0.361 e. The first-order chi connectivity index (χ1) is 13.3. The fourth-order valence-corrected chi connectivity index (χ4v) is 3.40. The van der Waals surface area contributed by atoms with Gasteiger partial charge in [0.1, 0.15) is 0 Å². The van der Waals surface area contributed by atoms with Crippen LogP contribution >= 0.6 is 0 Å². The molecule has 0 saturated heterocycles. The van der Waals surface area contributed by atoms with E-state index in [0.29, 0.717) is 13.0 Å². The van der Waals surface area contributed by atoms with E-state index in [-0.39, 0.29) is 5.91 Å². The van der Waals surface area contributed by atoms with E-state index in [9.17, 15) is 4.79 Å². The Kier molecular flexibility index (Phi) is 10.4. The van der Waals surface area contributed by atoms with E-state index in [0.717, 1.165) is 24.8 Å². The number of amides is 1. The van der Waals surface area contributed by atoms with Gasteiger partial charge in [0, 0.05) is 30.1 Å². The molecule has 0 aliphatic rings. The molecule has 0 fully saturated rings. The maximum absolute atomic E-state index is 12.0. The first kappa shape index (κ1) is 21.3. The lowest BCUT2D eigenvalue weighted by Gasteiger charge is -2.05. The summed E-state index contributed by atoms with van der Waals surface area (Å²) in [6.45, 7) is 2.95. The number of H-pyrrole nitrogens is 1. The van der Waals surface area contributed by atoms with Crippen molar-refractivity contribution in [1.82, 2.24) is 10.3 Å². The number of rotatable bonds is 14. The number of hydrogen-bond donors (Lipinski definition) is 2. The Labute approximate surface area is 164 Å². The highest BCUT2D eigenvalue weighted by Gasteiger charge is 2.04. The van der Waals surface area contributed by atoms with Gasteiger partial charge >= 0.3 is 0 Å². The van der Waals surface area contributed by atoms with Gasteiger partial charge in [-0.2, -0.15) is 0 Å². The summed E-state index contributed by atoms with van der Waals surface area (Å²) in [6, 6.07) is 8.31. The van der Waals surface area contributed by atoms with Gasteiger partial charge in [0.25, 0.3) is 0 Å². The van der Waals surface area contributed by atoms with Crippen LogP contribution in [-0.4, -0.2) is 17.4 Å². The minimum absolute atomic E-state index is 0.189. The third-order valence-electron chi connectivity index (χ3n) is 5.06. The van der Waals surface area contributed by atoms with Crippen molar-refractivity contribution in [1.29, 1.82) is 0 Å². The third kappa shape index (κ3) is 8.47. The van der Waals surface area contributed by atoms with Gasteiger partial charge in [-0.05, 0) is 43.7 Å². The number of carbonyl (C=O) groups is 1. The summed E-state index contributed by atoms with van der Waals surface area (Å²) in [5, 5.41) is 4.32. The Balaban J connectivity index is 1.45. The predicted molar refractivity (Wildman–Crippen MR) is 116 cm³/mol. The number of carbonyl (C=O) groups excluding carboxylic acids is 1.